The van der Waals surface area contributed by atoms with Gasteiger partial charge in [-0.3, -0.25) is 9.80 Å². The normalized spacial score (nSPS) is 24.0. The third-order valence-electron chi connectivity index (χ3n) is 5.08. The molecule has 2 N–H and O–H groups in total. The number of nitrogens with one attached hydrogen (secondary N) is 2. The molecular weight excluding hydrogens is 479 g/mol. The Labute approximate surface area is 182 Å². The largest absolute Gasteiger partial charge is 0.434 e. The second-order valence-electron chi connectivity index (χ2n) is 7.06. The number of nitrogens with zero attached hydrogens (tertiary/aromatic N) is 3. The van der Waals surface area contributed by atoms with Gasteiger partial charge in [-0.1, -0.05) is 17.7 Å². The van der Waals surface area contributed by atoms with Crippen molar-refractivity contribution in [3.8, 4) is 5.75 Å². The van der Waals surface area contributed by atoms with Crippen molar-refractivity contribution in [1.29, 1.82) is 0 Å². The molecule has 0 amide bonds. The van der Waals surface area contributed by atoms with Crippen LogP contribution in [-0.2, 0) is 6.54 Å². The Kier molecular flexibility index (Phi) is 9.16. The lowest BCUT2D eigenvalue weighted by molar-refractivity contribution is -0.0504. The fourth-order valence-corrected chi connectivity index (χ4v) is 3.68. The van der Waals surface area contributed by atoms with E-state index < -0.39 is 6.61 Å². The van der Waals surface area contributed by atoms with E-state index >= 15 is 0 Å². The maximum atomic E-state index is 12.6. The summed E-state index contributed by atoms with van der Waals surface area (Å²) in [6.45, 7) is 8.56. The van der Waals surface area contributed by atoms with E-state index in [9.17, 15) is 8.78 Å². The fraction of sp³-hybridized carbons (Fsp3) is 0.632. The molecule has 3 saturated heterocycles. The second-order valence-corrected chi connectivity index (χ2v) is 7.06. The van der Waals surface area contributed by atoms with Gasteiger partial charge in [-0.2, -0.15) is 8.78 Å². The molecule has 3 aliphatic heterocycles. The molecule has 0 saturated carbocycles. The van der Waals surface area contributed by atoms with E-state index in [0.29, 0.717) is 17.6 Å². The number of rotatable bonds is 7. The third-order valence-corrected chi connectivity index (χ3v) is 5.08. The van der Waals surface area contributed by atoms with Crippen molar-refractivity contribution < 1.29 is 13.5 Å². The molecule has 1 aromatic rings. The van der Waals surface area contributed by atoms with Gasteiger partial charge >= 0.3 is 6.61 Å². The quantitative estimate of drug-likeness (QED) is 0.336. The summed E-state index contributed by atoms with van der Waals surface area (Å²) in [5.74, 6) is 0.873. The fourth-order valence-electron chi connectivity index (χ4n) is 3.68. The van der Waals surface area contributed by atoms with Gasteiger partial charge in [0, 0.05) is 57.4 Å². The first kappa shape index (κ1) is 23.1. The maximum absolute atomic E-state index is 12.6. The first-order valence-electron chi connectivity index (χ1n) is 9.58. The minimum absolute atomic E-state index is 0. The predicted molar refractivity (Wildman–Crippen MR) is 118 cm³/mol. The summed E-state index contributed by atoms with van der Waals surface area (Å²) in [6, 6.07) is 5.65. The molecule has 3 heterocycles. The van der Waals surface area contributed by atoms with Crippen molar-refractivity contribution in [2.75, 3.05) is 45.8 Å². The first-order chi connectivity index (χ1) is 13.0. The average molecular weight is 509 g/mol. The van der Waals surface area contributed by atoms with E-state index in [0.717, 1.165) is 51.4 Å². The molecule has 9 heteroatoms. The third kappa shape index (κ3) is 6.41. The Morgan fingerprint density at radius 3 is 2.61 bits per heavy atom. The minimum Gasteiger partial charge on any atom is -0.434 e. The van der Waals surface area contributed by atoms with Crippen LogP contribution in [0.3, 0.4) is 0 Å². The first-order valence-corrected chi connectivity index (χ1v) is 9.58. The highest BCUT2D eigenvalue weighted by Gasteiger charge is 2.31. The van der Waals surface area contributed by atoms with E-state index in [2.05, 4.69) is 30.2 Å². The van der Waals surface area contributed by atoms with E-state index in [1.54, 1.807) is 12.1 Å². The molecule has 0 aromatic heterocycles. The van der Waals surface area contributed by atoms with E-state index in [4.69, 9.17) is 0 Å². The highest BCUT2D eigenvalue weighted by atomic mass is 127. The van der Waals surface area contributed by atoms with Crippen LogP contribution in [0.2, 0.25) is 0 Å². The molecule has 0 spiro atoms. The lowest BCUT2D eigenvalue weighted by Gasteiger charge is -2.47. The summed E-state index contributed by atoms with van der Waals surface area (Å²) in [6.07, 6.45) is 0. The van der Waals surface area contributed by atoms with Crippen LogP contribution in [-0.4, -0.2) is 74.2 Å². The molecule has 6 nitrogen and oxygen atoms in total. The number of alkyl halides is 2. The number of piperazine rings is 3. The van der Waals surface area contributed by atoms with Crippen molar-refractivity contribution in [1.82, 2.24) is 20.4 Å². The van der Waals surface area contributed by atoms with Gasteiger partial charge in [0.25, 0.3) is 0 Å². The second kappa shape index (κ2) is 11.1. The summed E-state index contributed by atoms with van der Waals surface area (Å²) < 4.78 is 29.9. The van der Waals surface area contributed by atoms with Crippen LogP contribution >= 0.6 is 24.0 Å². The lowest BCUT2D eigenvalue weighted by Crippen LogP contribution is -2.63. The number of guanidine groups is 1. The predicted octanol–water partition coefficient (Wildman–Crippen LogP) is 2.27. The highest BCUT2D eigenvalue weighted by Crippen LogP contribution is 2.23. The molecule has 0 aliphatic carbocycles. The number of aryl methyl sites for hydroxylation is 1. The standard InChI is InChI=1S/C19H29F2N5O.HI/c1-3-22-19(24-12-16-13-25-6-8-26(16)9-7-25)23-11-15-10-14(2)4-5-17(15)27-18(20)21;/h4-5,10,16,18H,3,6-9,11-13H2,1-2H3,(H2,22,23,24);1H. The van der Waals surface area contributed by atoms with Crippen LogP contribution in [0.4, 0.5) is 8.78 Å². The molecule has 1 aromatic carbocycles. The molecule has 3 fully saturated rings. The minimum atomic E-state index is -2.84. The van der Waals surface area contributed by atoms with Crippen LogP contribution in [0.1, 0.15) is 18.1 Å². The van der Waals surface area contributed by atoms with Crippen molar-refractivity contribution in [3.63, 3.8) is 0 Å². The summed E-state index contributed by atoms with van der Waals surface area (Å²) in [5, 5.41) is 6.63. The molecule has 0 radical (unpaired) electrons. The monoisotopic (exact) mass is 509 g/mol. The number of hydrogen-bond acceptors (Lipinski definition) is 4. The highest BCUT2D eigenvalue weighted by molar-refractivity contribution is 14.0. The number of halogens is 3. The van der Waals surface area contributed by atoms with Gasteiger partial charge in [0.05, 0.1) is 6.54 Å². The van der Waals surface area contributed by atoms with Gasteiger partial charge in [-0.15, -0.1) is 24.0 Å². The molecule has 1 atom stereocenters. The Hall–Kier alpha value is -1.20. The average Bonchev–Trinajstić information content (AvgIpc) is 2.66. The zero-order chi connectivity index (χ0) is 19.2. The summed E-state index contributed by atoms with van der Waals surface area (Å²) in [5.41, 5.74) is 1.64. The Bertz CT molecular complexity index is 653. The van der Waals surface area contributed by atoms with Gasteiger partial charge in [0.1, 0.15) is 5.75 Å². The SMILES string of the molecule is CCNC(=NCc1cc(C)ccc1OC(F)F)NCC1CN2CCN1CC2.I. The van der Waals surface area contributed by atoms with Crippen molar-refractivity contribution >= 4 is 29.9 Å². The van der Waals surface area contributed by atoms with Crippen LogP contribution in [0.5, 0.6) is 5.75 Å². The zero-order valence-electron chi connectivity index (χ0n) is 16.5. The van der Waals surface area contributed by atoms with Crippen LogP contribution in [0.25, 0.3) is 0 Å². The molecule has 158 valence electrons. The number of ether oxygens (including phenoxy) is 1. The number of hydrogen-bond donors (Lipinski definition) is 2. The van der Waals surface area contributed by atoms with E-state index in [1.165, 1.54) is 0 Å². The van der Waals surface area contributed by atoms with Crippen molar-refractivity contribution in [2.45, 2.75) is 33.0 Å². The Morgan fingerprint density at radius 1 is 1.25 bits per heavy atom. The Balaban J connectivity index is 0.00000280. The van der Waals surface area contributed by atoms with Gasteiger partial charge < -0.3 is 15.4 Å². The van der Waals surface area contributed by atoms with E-state index in [1.807, 2.05) is 19.9 Å². The maximum Gasteiger partial charge on any atom is 0.387 e. The number of benzene rings is 1. The van der Waals surface area contributed by atoms with E-state index in [-0.39, 0.29) is 36.3 Å². The molecule has 1 unspecified atom stereocenters. The topological polar surface area (TPSA) is 52.1 Å². The van der Waals surface area contributed by atoms with Gasteiger partial charge in [-0.25, -0.2) is 4.99 Å². The number of aliphatic imine (C=N–C) groups is 1. The van der Waals surface area contributed by atoms with Crippen molar-refractivity contribution in [2.24, 2.45) is 4.99 Å². The molecule has 2 bridgehead atoms. The summed E-state index contributed by atoms with van der Waals surface area (Å²) in [4.78, 5) is 9.59. The number of fused-ring (bicyclic) bond motifs is 3. The lowest BCUT2D eigenvalue weighted by atomic mass is 10.1. The Morgan fingerprint density at radius 2 is 2.00 bits per heavy atom. The summed E-state index contributed by atoms with van der Waals surface area (Å²) >= 11 is 0. The molecular formula is C19H30F2IN5O. The molecule has 4 rings (SSSR count). The van der Waals surface area contributed by atoms with Crippen LogP contribution in [0, 0.1) is 6.92 Å². The summed E-state index contributed by atoms with van der Waals surface area (Å²) in [7, 11) is 0. The smallest absolute Gasteiger partial charge is 0.387 e. The van der Waals surface area contributed by atoms with Crippen molar-refractivity contribution in [3.05, 3.63) is 29.3 Å². The van der Waals surface area contributed by atoms with Gasteiger partial charge in [0.15, 0.2) is 5.96 Å². The van der Waals surface area contributed by atoms with Gasteiger partial charge in [0.2, 0.25) is 0 Å². The zero-order valence-corrected chi connectivity index (χ0v) is 18.8. The van der Waals surface area contributed by atoms with Crippen LogP contribution in [0.15, 0.2) is 23.2 Å². The van der Waals surface area contributed by atoms with Gasteiger partial charge in [-0.05, 0) is 19.9 Å². The molecule has 28 heavy (non-hydrogen) atoms. The van der Waals surface area contributed by atoms with Crippen LogP contribution < -0.4 is 15.4 Å². The molecule has 3 aliphatic rings.